The van der Waals surface area contributed by atoms with Gasteiger partial charge in [-0.1, -0.05) is 12.1 Å². The van der Waals surface area contributed by atoms with Gasteiger partial charge in [0.1, 0.15) is 17.7 Å². The molecule has 0 atom stereocenters. The van der Waals surface area contributed by atoms with Crippen molar-refractivity contribution >= 4 is 11.8 Å². The lowest BCUT2D eigenvalue weighted by Gasteiger charge is -2.03. The Bertz CT molecular complexity index is 465. The lowest BCUT2D eigenvalue weighted by atomic mass is 10.0. The number of hydrogen-bond acceptors (Lipinski definition) is 3. The zero-order valence-corrected chi connectivity index (χ0v) is 9.14. The molecule has 0 aliphatic heterocycles. The lowest BCUT2D eigenvalue weighted by Crippen LogP contribution is -2.14. The minimum atomic E-state index is -1.45. The molecule has 0 fully saturated rings. The highest BCUT2D eigenvalue weighted by molar-refractivity contribution is 6.23. The predicted molar refractivity (Wildman–Crippen MR) is 58.1 cm³/mol. The van der Waals surface area contributed by atoms with E-state index < -0.39 is 23.1 Å². The van der Waals surface area contributed by atoms with Crippen molar-refractivity contribution in [3.05, 3.63) is 47.5 Å². The minimum Gasteiger partial charge on any atom is -0.500 e. The van der Waals surface area contributed by atoms with Gasteiger partial charge in [0.05, 0.1) is 12.2 Å². The van der Waals surface area contributed by atoms with Crippen LogP contribution < -0.4 is 0 Å². The van der Waals surface area contributed by atoms with E-state index in [-0.39, 0.29) is 12.2 Å². The summed E-state index contributed by atoms with van der Waals surface area (Å²) in [6.07, 6.45) is 0.830. The van der Waals surface area contributed by atoms with Gasteiger partial charge in [0.2, 0.25) is 5.78 Å². The van der Waals surface area contributed by atoms with Crippen LogP contribution in [0.1, 0.15) is 17.3 Å². The normalized spacial score (nSPS) is 11.1. The molecule has 1 N–H and O–H groups in total. The number of carboxylic acids is 1. The van der Waals surface area contributed by atoms with Crippen LogP contribution in [0, 0.1) is 5.82 Å². The maximum Gasteiger partial charge on any atom is 0.342 e. The quantitative estimate of drug-likeness (QED) is 0.280. The molecule has 17 heavy (non-hydrogen) atoms. The maximum absolute atomic E-state index is 13.3. The van der Waals surface area contributed by atoms with Gasteiger partial charge in [-0.05, 0) is 19.1 Å². The summed E-state index contributed by atoms with van der Waals surface area (Å²) in [5.74, 6) is -3.13. The summed E-state index contributed by atoms with van der Waals surface area (Å²) >= 11 is 0. The van der Waals surface area contributed by atoms with Crippen molar-refractivity contribution in [3.8, 4) is 0 Å². The molecule has 0 radical (unpaired) electrons. The van der Waals surface area contributed by atoms with Gasteiger partial charge >= 0.3 is 5.97 Å². The van der Waals surface area contributed by atoms with Gasteiger partial charge in [0.25, 0.3) is 0 Å². The Labute approximate surface area is 97.3 Å². The molecule has 1 aromatic carbocycles. The summed E-state index contributed by atoms with van der Waals surface area (Å²) in [5.41, 5.74) is -0.891. The highest BCUT2D eigenvalue weighted by Crippen LogP contribution is 2.13. The second kappa shape index (κ2) is 5.79. The van der Waals surface area contributed by atoms with Crippen LogP contribution in [0.2, 0.25) is 0 Å². The molecule has 90 valence electrons. The Kier molecular flexibility index (Phi) is 4.39. The largest absolute Gasteiger partial charge is 0.500 e. The van der Waals surface area contributed by atoms with Gasteiger partial charge in [0.15, 0.2) is 0 Å². The third kappa shape index (κ3) is 3.14. The Morgan fingerprint density at radius 3 is 2.59 bits per heavy atom. The Hall–Kier alpha value is -2.17. The number of Topliss-reactive ketones (excluding diaryl/α,β-unsaturated/α-hetero) is 1. The maximum atomic E-state index is 13.3. The van der Waals surface area contributed by atoms with E-state index in [9.17, 15) is 14.0 Å². The fourth-order valence-electron chi connectivity index (χ4n) is 1.16. The van der Waals surface area contributed by atoms with Gasteiger partial charge in [-0.25, -0.2) is 9.18 Å². The van der Waals surface area contributed by atoms with Crippen LogP contribution in [-0.2, 0) is 9.53 Å². The van der Waals surface area contributed by atoms with E-state index in [1.54, 1.807) is 6.92 Å². The number of hydrogen-bond donors (Lipinski definition) is 1. The second-order valence-electron chi connectivity index (χ2n) is 3.10. The molecule has 0 unspecified atom stereocenters. The number of carboxylic acid groups (broad SMARTS) is 1. The first-order valence-corrected chi connectivity index (χ1v) is 4.92. The lowest BCUT2D eigenvalue weighted by molar-refractivity contribution is -0.132. The monoisotopic (exact) mass is 238 g/mol. The molecule has 0 bridgehead atoms. The summed E-state index contributed by atoms with van der Waals surface area (Å²) in [7, 11) is 0. The topological polar surface area (TPSA) is 63.6 Å². The van der Waals surface area contributed by atoms with Crippen molar-refractivity contribution in [2.45, 2.75) is 6.92 Å². The van der Waals surface area contributed by atoms with Crippen LogP contribution in [0.15, 0.2) is 36.1 Å². The van der Waals surface area contributed by atoms with Gasteiger partial charge in [0, 0.05) is 0 Å². The summed E-state index contributed by atoms with van der Waals surface area (Å²) in [6, 6.07) is 5.18. The van der Waals surface area contributed by atoms with Crippen LogP contribution in [0.3, 0.4) is 0 Å². The Morgan fingerprint density at radius 1 is 1.41 bits per heavy atom. The van der Waals surface area contributed by atoms with Crippen molar-refractivity contribution in [3.63, 3.8) is 0 Å². The number of ketones is 1. The van der Waals surface area contributed by atoms with Crippen molar-refractivity contribution in [1.29, 1.82) is 0 Å². The van der Waals surface area contributed by atoms with Gasteiger partial charge < -0.3 is 9.84 Å². The molecule has 0 saturated heterocycles. The predicted octanol–water partition coefficient (Wildman–Crippen LogP) is 2.01. The third-order valence-electron chi connectivity index (χ3n) is 1.96. The number of halogens is 1. The van der Waals surface area contributed by atoms with Gasteiger partial charge in [-0.15, -0.1) is 0 Å². The van der Waals surface area contributed by atoms with E-state index >= 15 is 0 Å². The molecule has 0 amide bonds. The van der Waals surface area contributed by atoms with Crippen LogP contribution in [0.4, 0.5) is 4.39 Å². The van der Waals surface area contributed by atoms with Crippen LogP contribution in [0.5, 0.6) is 0 Å². The Balaban J connectivity index is 3.09. The second-order valence-corrected chi connectivity index (χ2v) is 3.10. The van der Waals surface area contributed by atoms with Crippen molar-refractivity contribution in [2.75, 3.05) is 6.61 Å². The molecule has 0 aliphatic rings. The van der Waals surface area contributed by atoms with E-state index in [0.29, 0.717) is 0 Å². The first-order valence-electron chi connectivity index (χ1n) is 4.92. The molecule has 0 aromatic heterocycles. The molecule has 0 aliphatic carbocycles. The first kappa shape index (κ1) is 12.9. The van der Waals surface area contributed by atoms with Crippen molar-refractivity contribution in [2.24, 2.45) is 0 Å². The molecule has 5 heteroatoms. The van der Waals surface area contributed by atoms with E-state index in [4.69, 9.17) is 9.84 Å². The number of rotatable bonds is 5. The molecule has 1 aromatic rings. The molecular formula is C12H11FO4. The van der Waals surface area contributed by atoms with Crippen molar-refractivity contribution < 1.29 is 23.8 Å². The number of ether oxygens (including phenoxy) is 1. The number of benzene rings is 1. The molecule has 0 saturated carbocycles. The molecular weight excluding hydrogens is 227 g/mol. The average Bonchev–Trinajstić information content (AvgIpc) is 2.29. The summed E-state index contributed by atoms with van der Waals surface area (Å²) in [5, 5.41) is 8.83. The van der Waals surface area contributed by atoms with E-state index in [0.717, 1.165) is 12.3 Å². The van der Waals surface area contributed by atoms with Gasteiger partial charge in [-0.2, -0.15) is 0 Å². The highest BCUT2D eigenvalue weighted by Gasteiger charge is 2.22. The average molecular weight is 238 g/mol. The van der Waals surface area contributed by atoms with Crippen LogP contribution >= 0.6 is 0 Å². The SMILES string of the molecule is CCOC=C(C(=O)O)C(=O)c1ccccc1F. The first-order chi connectivity index (χ1) is 8.07. The Morgan fingerprint density at radius 2 is 2.06 bits per heavy atom. The van der Waals surface area contributed by atoms with Gasteiger partial charge in [-0.3, -0.25) is 4.79 Å². The van der Waals surface area contributed by atoms with E-state index in [1.807, 2.05) is 0 Å². The van der Waals surface area contributed by atoms with Crippen LogP contribution in [0.25, 0.3) is 0 Å². The van der Waals surface area contributed by atoms with Crippen LogP contribution in [-0.4, -0.2) is 23.5 Å². The third-order valence-corrected chi connectivity index (χ3v) is 1.96. The molecule has 4 nitrogen and oxygen atoms in total. The van der Waals surface area contributed by atoms with E-state index in [1.165, 1.54) is 18.2 Å². The van der Waals surface area contributed by atoms with E-state index in [2.05, 4.69) is 0 Å². The minimum absolute atomic E-state index is 0.224. The smallest absolute Gasteiger partial charge is 0.342 e. The summed E-state index contributed by atoms with van der Waals surface area (Å²) in [6.45, 7) is 1.87. The standard InChI is InChI=1S/C12H11FO4/c1-2-17-7-9(12(15)16)11(14)8-5-3-4-6-10(8)13/h3-7H,2H2,1H3,(H,15,16). The number of carbonyl (C=O) groups excluding carboxylic acids is 1. The number of aliphatic carboxylic acids is 1. The number of carbonyl (C=O) groups is 2. The van der Waals surface area contributed by atoms with Crippen molar-refractivity contribution in [1.82, 2.24) is 0 Å². The fourth-order valence-corrected chi connectivity index (χ4v) is 1.16. The fraction of sp³-hybridized carbons (Fsp3) is 0.167. The molecule has 1 rings (SSSR count). The zero-order valence-electron chi connectivity index (χ0n) is 9.14. The highest BCUT2D eigenvalue weighted by atomic mass is 19.1. The molecule has 0 heterocycles. The zero-order chi connectivity index (χ0) is 12.8. The summed E-state index contributed by atoms with van der Waals surface area (Å²) in [4.78, 5) is 22.6. The summed E-state index contributed by atoms with van der Waals surface area (Å²) < 4.78 is 18.1. The molecule has 0 spiro atoms.